The zero-order valence-corrected chi connectivity index (χ0v) is 16.4. The van der Waals surface area contributed by atoms with E-state index in [1.807, 2.05) is 7.05 Å². The van der Waals surface area contributed by atoms with Crippen LogP contribution >= 0.6 is 0 Å². The largest absolute Gasteiger partial charge is 0.490 e. The smallest absolute Gasteiger partial charge is 0.243 e. The molecule has 25 heavy (non-hydrogen) atoms. The normalized spacial score (nSPS) is 31.5. The fraction of sp³-hybridized carbons (Fsp3) is 0.684. The molecule has 0 spiro atoms. The number of benzene rings is 1. The van der Waals surface area contributed by atoms with E-state index in [2.05, 4.69) is 25.7 Å². The first kappa shape index (κ1) is 17.2. The van der Waals surface area contributed by atoms with Crippen LogP contribution in [0.4, 0.5) is 5.69 Å². The monoisotopic (exact) mass is 364 g/mol. The Labute approximate surface area is 151 Å². The van der Waals surface area contributed by atoms with Crippen molar-refractivity contribution in [1.82, 2.24) is 4.31 Å². The Bertz CT molecular complexity index is 805. The van der Waals surface area contributed by atoms with Crippen molar-refractivity contribution in [3.8, 4) is 5.75 Å². The third-order valence-electron chi connectivity index (χ3n) is 6.00. The molecule has 2 unspecified atom stereocenters. The first-order valence-electron chi connectivity index (χ1n) is 9.10. The molecule has 1 aromatic rings. The van der Waals surface area contributed by atoms with Crippen LogP contribution in [0, 0.1) is 10.8 Å². The van der Waals surface area contributed by atoms with Gasteiger partial charge in [-0.05, 0) is 48.3 Å². The second-order valence-electron chi connectivity index (χ2n) is 9.16. The number of likely N-dealkylation sites (N-methyl/N-ethyl adjacent to an activating group) is 1. The zero-order chi connectivity index (χ0) is 18.0. The molecule has 0 amide bonds. The van der Waals surface area contributed by atoms with E-state index < -0.39 is 10.0 Å². The van der Waals surface area contributed by atoms with Crippen LogP contribution in [0.2, 0.25) is 0 Å². The molecule has 2 atom stereocenters. The summed E-state index contributed by atoms with van der Waals surface area (Å²) in [5.41, 5.74) is 1.15. The van der Waals surface area contributed by atoms with Gasteiger partial charge in [0, 0.05) is 19.6 Å². The second-order valence-corrected chi connectivity index (χ2v) is 11.1. The summed E-state index contributed by atoms with van der Waals surface area (Å²) in [7, 11) is -1.51. The maximum absolute atomic E-state index is 13.4. The molecule has 1 saturated carbocycles. The molecule has 6 heteroatoms. The number of ether oxygens (including phenoxy) is 1. The highest BCUT2D eigenvalue weighted by atomic mass is 32.2. The summed E-state index contributed by atoms with van der Waals surface area (Å²) in [6, 6.07) is 5.39. The standard InChI is InChI=1S/C19H28N2O3S/c1-18(2)10-14-11-19(3,12-18)13-21(14)25(22,23)15-5-6-17-16(9-15)20(4)7-8-24-17/h5-6,9,14H,7-8,10-13H2,1-4H3. The Kier molecular flexibility index (Phi) is 3.68. The quantitative estimate of drug-likeness (QED) is 0.809. The number of rotatable bonds is 2. The van der Waals surface area contributed by atoms with E-state index in [1.165, 1.54) is 0 Å². The highest BCUT2D eigenvalue weighted by Gasteiger charge is 2.53. The SMILES string of the molecule is CN1CCOc2ccc(S(=O)(=O)N3CC4(C)CC3CC(C)(C)C4)cc21. The van der Waals surface area contributed by atoms with E-state index in [1.54, 1.807) is 22.5 Å². The van der Waals surface area contributed by atoms with Crippen molar-refractivity contribution in [3.63, 3.8) is 0 Å². The molecule has 1 saturated heterocycles. The maximum Gasteiger partial charge on any atom is 0.243 e. The van der Waals surface area contributed by atoms with Crippen LogP contribution in [0.3, 0.4) is 0 Å². The topological polar surface area (TPSA) is 49.9 Å². The van der Waals surface area contributed by atoms with Gasteiger partial charge in [0.1, 0.15) is 12.4 Å². The van der Waals surface area contributed by atoms with Gasteiger partial charge in [0.15, 0.2) is 0 Å². The summed E-state index contributed by atoms with van der Waals surface area (Å²) in [5, 5.41) is 0. The van der Waals surface area contributed by atoms with Crippen molar-refractivity contribution in [2.75, 3.05) is 31.6 Å². The van der Waals surface area contributed by atoms with E-state index in [0.29, 0.717) is 18.0 Å². The summed E-state index contributed by atoms with van der Waals surface area (Å²) >= 11 is 0. The molecular weight excluding hydrogens is 336 g/mol. The van der Waals surface area contributed by atoms with Gasteiger partial charge in [0.25, 0.3) is 0 Å². The predicted molar refractivity (Wildman–Crippen MR) is 98.6 cm³/mol. The molecule has 5 nitrogen and oxygen atoms in total. The molecule has 1 aromatic carbocycles. The van der Waals surface area contributed by atoms with Crippen LogP contribution in [-0.2, 0) is 10.0 Å². The molecule has 2 aliphatic heterocycles. The molecule has 138 valence electrons. The number of fused-ring (bicyclic) bond motifs is 3. The van der Waals surface area contributed by atoms with Gasteiger partial charge in [-0.2, -0.15) is 4.31 Å². The third kappa shape index (κ3) is 2.83. The van der Waals surface area contributed by atoms with E-state index in [9.17, 15) is 8.42 Å². The van der Waals surface area contributed by atoms with Gasteiger partial charge in [-0.25, -0.2) is 8.42 Å². The highest BCUT2D eigenvalue weighted by Crippen LogP contribution is 2.53. The number of anilines is 1. The lowest BCUT2D eigenvalue weighted by molar-refractivity contribution is 0.133. The molecule has 2 heterocycles. The Morgan fingerprint density at radius 2 is 1.96 bits per heavy atom. The van der Waals surface area contributed by atoms with E-state index in [4.69, 9.17) is 4.74 Å². The van der Waals surface area contributed by atoms with Gasteiger partial charge in [-0.3, -0.25) is 0 Å². The second kappa shape index (κ2) is 5.36. The minimum absolute atomic E-state index is 0.0909. The lowest BCUT2D eigenvalue weighted by atomic mass is 9.65. The summed E-state index contributed by atoms with van der Waals surface area (Å²) in [4.78, 5) is 2.45. The lowest BCUT2D eigenvalue weighted by Gasteiger charge is -2.39. The fourth-order valence-corrected chi connectivity index (χ4v) is 7.11. The Balaban J connectivity index is 1.70. The van der Waals surface area contributed by atoms with Crippen molar-refractivity contribution < 1.29 is 13.2 Å². The maximum atomic E-state index is 13.4. The number of hydrogen-bond donors (Lipinski definition) is 0. The summed E-state index contributed by atoms with van der Waals surface area (Å²) < 4.78 is 34.2. The minimum atomic E-state index is -3.49. The van der Waals surface area contributed by atoms with Crippen molar-refractivity contribution in [1.29, 1.82) is 0 Å². The molecule has 1 aliphatic carbocycles. The number of sulfonamides is 1. The van der Waals surface area contributed by atoms with Gasteiger partial charge < -0.3 is 9.64 Å². The summed E-state index contributed by atoms with van der Waals surface area (Å²) in [6.45, 7) is 8.81. The first-order chi connectivity index (χ1) is 11.6. The first-order valence-corrected chi connectivity index (χ1v) is 10.5. The molecule has 0 N–H and O–H groups in total. The summed E-state index contributed by atoms with van der Waals surface area (Å²) in [5.74, 6) is 0.765. The predicted octanol–water partition coefficient (Wildman–Crippen LogP) is 3.10. The van der Waals surface area contributed by atoms with Crippen LogP contribution in [0.25, 0.3) is 0 Å². The molecule has 2 bridgehead atoms. The third-order valence-corrected chi connectivity index (χ3v) is 7.89. The van der Waals surface area contributed by atoms with Crippen molar-refractivity contribution in [2.45, 2.75) is 51.0 Å². The Morgan fingerprint density at radius 1 is 1.20 bits per heavy atom. The van der Waals surface area contributed by atoms with E-state index in [0.717, 1.165) is 37.2 Å². The average molecular weight is 365 g/mol. The van der Waals surface area contributed by atoms with Crippen molar-refractivity contribution in [3.05, 3.63) is 18.2 Å². The van der Waals surface area contributed by atoms with Gasteiger partial charge in [0.2, 0.25) is 10.0 Å². The number of nitrogens with zero attached hydrogens (tertiary/aromatic N) is 2. The average Bonchev–Trinajstić information content (AvgIpc) is 2.77. The van der Waals surface area contributed by atoms with Crippen molar-refractivity contribution >= 4 is 15.7 Å². The van der Waals surface area contributed by atoms with Gasteiger partial charge in [0.05, 0.1) is 17.1 Å². The van der Waals surface area contributed by atoms with Gasteiger partial charge in [-0.1, -0.05) is 20.8 Å². The molecule has 3 aliphatic rings. The van der Waals surface area contributed by atoms with E-state index in [-0.39, 0.29) is 16.9 Å². The summed E-state index contributed by atoms with van der Waals surface area (Å²) in [6.07, 6.45) is 3.00. The zero-order valence-electron chi connectivity index (χ0n) is 15.6. The van der Waals surface area contributed by atoms with Gasteiger partial charge >= 0.3 is 0 Å². The molecule has 0 radical (unpaired) electrons. The van der Waals surface area contributed by atoms with Crippen LogP contribution < -0.4 is 9.64 Å². The van der Waals surface area contributed by atoms with Crippen LogP contribution in [-0.4, -0.2) is 45.5 Å². The molecule has 0 aromatic heterocycles. The minimum Gasteiger partial charge on any atom is -0.490 e. The van der Waals surface area contributed by atoms with Crippen LogP contribution in [0.15, 0.2) is 23.1 Å². The lowest BCUT2D eigenvalue weighted by Crippen LogP contribution is -2.38. The molecular formula is C19H28N2O3S. The molecule has 2 fully saturated rings. The van der Waals surface area contributed by atoms with Gasteiger partial charge in [-0.15, -0.1) is 0 Å². The highest BCUT2D eigenvalue weighted by molar-refractivity contribution is 7.89. The fourth-order valence-electron chi connectivity index (χ4n) is 5.32. The number of hydrogen-bond acceptors (Lipinski definition) is 4. The van der Waals surface area contributed by atoms with Crippen LogP contribution in [0.5, 0.6) is 5.75 Å². The Morgan fingerprint density at radius 3 is 2.72 bits per heavy atom. The molecule has 4 rings (SSSR count). The van der Waals surface area contributed by atoms with Crippen molar-refractivity contribution in [2.24, 2.45) is 10.8 Å². The van der Waals surface area contributed by atoms with Crippen LogP contribution in [0.1, 0.15) is 40.0 Å². The Hall–Kier alpha value is -1.27. The van der Waals surface area contributed by atoms with E-state index >= 15 is 0 Å².